The van der Waals surface area contributed by atoms with E-state index >= 15 is 0 Å². The number of aryl methyl sites for hydroxylation is 3. The minimum Gasteiger partial charge on any atom is -0.467 e. The van der Waals surface area contributed by atoms with Crippen molar-refractivity contribution in [2.45, 2.75) is 32.5 Å². The average Bonchev–Trinajstić information content (AvgIpc) is 3.40. The largest absolute Gasteiger partial charge is 0.467 e. The number of anilines is 1. The second-order valence-electron chi connectivity index (χ2n) is 7.45. The van der Waals surface area contributed by atoms with Crippen LogP contribution < -0.4 is 5.32 Å². The third-order valence-electron chi connectivity index (χ3n) is 4.92. The Morgan fingerprint density at radius 3 is 2.45 bits per heavy atom. The molecule has 2 aromatic heterocycles. The Labute approximate surface area is 185 Å². The fourth-order valence-electron chi connectivity index (χ4n) is 3.58. The van der Waals surface area contributed by atoms with Gasteiger partial charge in [-0.05, 0) is 44.0 Å². The zero-order valence-electron chi connectivity index (χ0n) is 17.8. The Bertz CT molecular complexity index is 1160. The van der Waals surface area contributed by atoms with Gasteiger partial charge in [0.1, 0.15) is 5.76 Å². The number of carbonyl (C=O) groups is 1. The summed E-state index contributed by atoms with van der Waals surface area (Å²) in [6, 6.07) is 17.8. The molecule has 6 nitrogen and oxygen atoms in total. The van der Waals surface area contributed by atoms with Crippen LogP contribution in [0.15, 0.2) is 70.4 Å². The number of thioether (sulfide) groups is 1. The minimum absolute atomic E-state index is 0.0751. The Morgan fingerprint density at radius 2 is 1.77 bits per heavy atom. The average molecular weight is 433 g/mol. The molecule has 0 saturated heterocycles. The van der Waals surface area contributed by atoms with Crippen LogP contribution in [0.3, 0.4) is 0 Å². The first-order valence-electron chi connectivity index (χ1n) is 10.0. The van der Waals surface area contributed by atoms with E-state index in [4.69, 9.17) is 4.42 Å². The lowest BCUT2D eigenvalue weighted by atomic mass is 10.1. The van der Waals surface area contributed by atoms with Crippen molar-refractivity contribution < 1.29 is 9.21 Å². The van der Waals surface area contributed by atoms with E-state index in [9.17, 15) is 4.79 Å². The summed E-state index contributed by atoms with van der Waals surface area (Å²) in [6.45, 7) is 6.56. The van der Waals surface area contributed by atoms with E-state index in [-0.39, 0.29) is 11.7 Å². The molecule has 31 heavy (non-hydrogen) atoms. The summed E-state index contributed by atoms with van der Waals surface area (Å²) in [5, 5.41) is 12.5. The van der Waals surface area contributed by atoms with Gasteiger partial charge in [-0.25, -0.2) is 0 Å². The number of rotatable bonds is 7. The second-order valence-corrected chi connectivity index (χ2v) is 8.39. The first-order chi connectivity index (χ1) is 15.0. The second kappa shape index (κ2) is 9.22. The topological polar surface area (TPSA) is 73.0 Å². The molecule has 0 aliphatic carbocycles. The summed E-state index contributed by atoms with van der Waals surface area (Å²) in [5.41, 5.74) is 5.13. The first kappa shape index (κ1) is 20.9. The quantitative estimate of drug-likeness (QED) is 0.404. The number of benzene rings is 2. The number of furan rings is 1. The predicted octanol–water partition coefficient (Wildman–Crippen LogP) is 5.24. The van der Waals surface area contributed by atoms with Gasteiger partial charge in [-0.3, -0.25) is 9.36 Å². The molecule has 0 saturated carbocycles. The van der Waals surface area contributed by atoms with Gasteiger partial charge in [0.05, 0.1) is 18.6 Å². The monoisotopic (exact) mass is 432 g/mol. The molecule has 4 aromatic rings. The van der Waals surface area contributed by atoms with E-state index in [1.165, 1.54) is 17.3 Å². The third kappa shape index (κ3) is 4.88. The molecule has 7 heteroatoms. The van der Waals surface area contributed by atoms with E-state index < -0.39 is 0 Å². The molecule has 4 rings (SSSR count). The van der Waals surface area contributed by atoms with Crippen molar-refractivity contribution in [1.29, 1.82) is 0 Å². The summed E-state index contributed by atoms with van der Waals surface area (Å²) in [7, 11) is 0. The van der Waals surface area contributed by atoms with Crippen molar-refractivity contribution in [2.24, 2.45) is 0 Å². The number of hydrogen-bond acceptors (Lipinski definition) is 5. The Kier molecular flexibility index (Phi) is 6.23. The molecule has 0 spiro atoms. The molecule has 0 radical (unpaired) electrons. The van der Waals surface area contributed by atoms with Crippen molar-refractivity contribution in [3.8, 4) is 11.4 Å². The van der Waals surface area contributed by atoms with Gasteiger partial charge in [-0.1, -0.05) is 59.8 Å². The maximum atomic E-state index is 12.7. The zero-order valence-corrected chi connectivity index (χ0v) is 18.6. The maximum absolute atomic E-state index is 12.7. The van der Waals surface area contributed by atoms with Crippen molar-refractivity contribution in [1.82, 2.24) is 14.8 Å². The molecule has 0 aliphatic rings. The van der Waals surface area contributed by atoms with Crippen LogP contribution in [0.2, 0.25) is 0 Å². The number of nitrogens with one attached hydrogen (secondary N) is 1. The number of aromatic nitrogens is 3. The zero-order chi connectivity index (χ0) is 21.8. The summed E-state index contributed by atoms with van der Waals surface area (Å²) in [5.74, 6) is 1.70. The number of hydrogen-bond donors (Lipinski definition) is 1. The molecular weight excluding hydrogens is 408 g/mol. The van der Waals surface area contributed by atoms with Gasteiger partial charge in [0.25, 0.3) is 0 Å². The number of carbonyl (C=O) groups excluding carboxylic acids is 1. The maximum Gasteiger partial charge on any atom is 0.234 e. The van der Waals surface area contributed by atoms with Gasteiger partial charge in [0.15, 0.2) is 11.0 Å². The molecule has 158 valence electrons. The van der Waals surface area contributed by atoms with Gasteiger partial charge in [-0.15, -0.1) is 10.2 Å². The SMILES string of the molecule is Cc1cc(C)c(NC(=O)CSc2nnc(-c3ccccc3)n2Cc2ccco2)c(C)c1. The van der Waals surface area contributed by atoms with Crippen LogP contribution in [0.5, 0.6) is 0 Å². The molecule has 1 N–H and O–H groups in total. The number of amides is 1. The Morgan fingerprint density at radius 1 is 1.03 bits per heavy atom. The van der Waals surface area contributed by atoms with E-state index in [1.807, 2.05) is 60.9 Å². The lowest BCUT2D eigenvalue weighted by Crippen LogP contribution is -2.16. The van der Waals surface area contributed by atoms with Crippen LogP contribution in [0, 0.1) is 20.8 Å². The molecular formula is C24H24N4O2S. The minimum atomic E-state index is -0.0751. The van der Waals surface area contributed by atoms with Crippen molar-refractivity contribution in [2.75, 3.05) is 11.1 Å². The van der Waals surface area contributed by atoms with Crippen LogP contribution in [0.1, 0.15) is 22.5 Å². The van der Waals surface area contributed by atoms with Crippen molar-refractivity contribution in [3.63, 3.8) is 0 Å². The molecule has 2 heterocycles. The Hall–Kier alpha value is -3.32. The fraction of sp³-hybridized carbons (Fsp3) is 0.208. The standard InChI is InChI=1S/C24H24N4O2S/c1-16-12-17(2)22(18(3)13-16)25-21(29)15-31-24-27-26-23(19-8-5-4-6-9-19)28(24)14-20-10-7-11-30-20/h4-13H,14-15H2,1-3H3,(H,25,29). The van der Waals surface area contributed by atoms with E-state index in [0.717, 1.165) is 34.0 Å². The molecule has 0 fully saturated rings. The first-order valence-corrected chi connectivity index (χ1v) is 11.0. The molecule has 1 amide bonds. The predicted molar refractivity (Wildman–Crippen MR) is 123 cm³/mol. The summed E-state index contributed by atoms with van der Waals surface area (Å²) < 4.78 is 7.51. The van der Waals surface area contributed by atoms with Crippen LogP contribution in [0.4, 0.5) is 5.69 Å². The molecule has 0 atom stereocenters. The highest BCUT2D eigenvalue weighted by Gasteiger charge is 2.17. The number of nitrogens with zero attached hydrogens (tertiary/aromatic N) is 3. The summed E-state index contributed by atoms with van der Waals surface area (Å²) in [4.78, 5) is 12.7. The van der Waals surface area contributed by atoms with Crippen LogP contribution >= 0.6 is 11.8 Å². The van der Waals surface area contributed by atoms with Crippen LogP contribution in [-0.4, -0.2) is 26.4 Å². The Balaban J connectivity index is 1.53. The third-order valence-corrected chi connectivity index (χ3v) is 5.88. The van der Waals surface area contributed by atoms with Crippen LogP contribution in [-0.2, 0) is 11.3 Å². The summed E-state index contributed by atoms with van der Waals surface area (Å²) in [6.07, 6.45) is 1.65. The summed E-state index contributed by atoms with van der Waals surface area (Å²) >= 11 is 1.36. The van der Waals surface area contributed by atoms with Crippen molar-refractivity contribution >= 4 is 23.4 Å². The molecule has 0 aliphatic heterocycles. The van der Waals surface area contributed by atoms with Gasteiger partial charge < -0.3 is 9.73 Å². The fourth-order valence-corrected chi connectivity index (χ4v) is 4.32. The van der Waals surface area contributed by atoms with E-state index in [0.29, 0.717) is 11.7 Å². The van der Waals surface area contributed by atoms with E-state index in [1.54, 1.807) is 6.26 Å². The van der Waals surface area contributed by atoms with Crippen LogP contribution in [0.25, 0.3) is 11.4 Å². The highest BCUT2D eigenvalue weighted by atomic mass is 32.2. The van der Waals surface area contributed by atoms with Crippen molar-refractivity contribution in [3.05, 3.63) is 83.3 Å². The van der Waals surface area contributed by atoms with Gasteiger partial charge in [0, 0.05) is 11.3 Å². The van der Waals surface area contributed by atoms with Gasteiger partial charge in [-0.2, -0.15) is 0 Å². The highest BCUT2D eigenvalue weighted by molar-refractivity contribution is 7.99. The van der Waals surface area contributed by atoms with Gasteiger partial charge >= 0.3 is 0 Å². The lowest BCUT2D eigenvalue weighted by Gasteiger charge is -2.13. The molecule has 0 bridgehead atoms. The lowest BCUT2D eigenvalue weighted by molar-refractivity contribution is -0.113. The van der Waals surface area contributed by atoms with Gasteiger partial charge in [0.2, 0.25) is 5.91 Å². The highest BCUT2D eigenvalue weighted by Crippen LogP contribution is 2.26. The van der Waals surface area contributed by atoms with E-state index in [2.05, 4.69) is 34.6 Å². The smallest absolute Gasteiger partial charge is 0.234 e. The normalized spacial score (nSPS) is 10.9. The molecule has 0 unspecified atom stereocenters. The molecule has 2 aromatic carbocycles.